The zero-order valence-corrected chi connectivity index (χ0v) is 47.3. The van der Waals surface area contributed by atoms with Gasteiger partial charge in [-0.25, -0.2) is 14.6 Å². The van der Waals surface area contributed by atoms with E-state index >= 15 is 0 Å². The molecule has 2 aromatic heterocycles. The van der Waals surface area contributed by atoms with E-state index in [0.717, 1.165) is 58.8 Å². The number of aliphatic carboxylic acids is 1. The van der Waals surface area contributed by atoms with Gasteiger partial charge in [-0.05, 0) is 124 Å². The fourth-order valence-corrected chi connectivity index (χ4v) is 15.1. The molecule has 4 aromatic carbocycles. The molecule has 0 spiro atoms. The number of aryl methyl sites for hydroxylation is 2. The first-order valence-corrected chi connectivity index (χ1v) is 28.5. The number of carbonyl (C=O) groups is 4. The molecule has 14 rings (SSSR count). The van der Waals surface area contributed by atoms with E-state index in [1.54, 1.807) is 41.7 Å². The predicted molar refractivity (Wildman–Crippen MR) is 310 cm³/mol. The lowest BCUT2D eigenvalue weighted by Crippen LogP contribution is -2.60. The van der Waals surface area contributed by atoms with Gasteiger partial charge in [0, 0.05) is 77.1 Å². The molecule has 3 saturated heterocycles. The molecular formula is C65H70ClN5O10. The number of aliphatic hydroxyl groups is 1. The zero-order chi connectivity index (χ0) is 55.8. The average molecular weight is 1120 g/mol. The minimum Gasteiger partial charge on any atom is -0.496 e. The number of pyridine rings is 2. The first kappa shape index (κ1) is 55.6. The summed E-state index contributed by atoms with van der Waals surface area (Å²) in [6.07, 6.45) is 7.91. The van der Waals surface area contributed by atoms with Gasteiger partial charge in [0.15, 0.2) is 5.60 Å². The van der Waals surface area contributed by atoms with Crippen molar-refractivity contribution in [1.29, 1.82) is 0 Å². The van der Waals surface area contributed by atoms with Crippen LogP contribution in [0, 0.1) is 18.3 Å². The average Bonchev–Trinajstić information content (AvgIpc) is 2.03. The molecule has 5 aliphatic heterocycles. The number of carbonyl (C=O) groups excluding carboxylic acids is 3. The minimum absolute atomic E-state index is 0. The highest BCUT2D eigenvalue weighted by atomic mass is 35.5. The van der Waals surface area contributed by atoms with Crippen molar-refractivity contribution >= 4 is 52.8 Å². The number of carboxylic acid groups (broad SMARTS) is 1. The number of hydrogen-bond donors (Lipinski definition) is 2. The first-order valence-electron chi connectivity index (χ1n) is 28.5. The molecule has 4 fully saturated rings. The molecule has 3 aliphatic carbocycles. The van der Waals surface area contributed by atoms with Gasteiger partial charge in [0.25, 0.3) is 11.5 Å². The molecule has 81 heavy (non-hydrogen) atoms. The van der Waals surface area contributed by atoms with Crippen molar-refractivity contribution in [1.82, 2.24) is 24.3 Å². The Labute approximate surface area is 477 Å². The molecule has 15 nitrogen and oxygen atoms in total. The maximum Gasteiger partial charge on any atom is 0.415 e. The zero-order valence-electron chi connectivity index (χ0n) is 46.5. The van der Waals surface area contributed by atoms with Crippen molar-refractivity contribution in [3.8, 4) is 22.9 Å². The van der Waals surface area contributed by atoms with Crippen LogP contribution in [0.1, 0.15) is 121 Å². The van der Waals surface area contributed by atoms with Crippen molar-refractivity contribution in [2.24, 2.45) is 11.3 Å². The molecule has 422 valence electrons. The van der Waals surface area contributed by atoms with E-state index in [2.05, 4.69) is 67.8 Å². The number of methoxy groups -OCH3 is 1. The Morgan fingerprint density at radius 1 is 0.852 bits per heavy atom. The summed E-state index contributed by atoms with van der Waals surface area (Å²) < 4.78 is 18.2. The van der Waals surface area contributed by atoms with Crippen LogP contribution in [0.2, 0.25) is 0 Å². The first-order chi connectivity index (χ1) is 38.7. The number of hydrogen-bond acceptors (Lipinski definition) is 11. The number of esters is 1. The smallest absolute Gasteiger partial charge is 0.415 e. The van der Waals surface area contributed by atoms with Crippen molar-refractivity contribution in [2.75, 3.05) is 46.4 Å². The second-order valence-electron chi connectivity index (χ2n) is 23.0. The fourth-order valence-electron chi connectivity index (χ4n) is 15.1. The summed E-state index contributed by atoms with van der Waals surface area (Å²) in [7, 11) is 1.57. The Hall–Kier alpha value is -7.33. The van der Waals surface area contributed by atoms with Gasteiger partial charge < -0.3 is 43.7 Å². The van der Waals surface area contributed by atoms with Gasteiger partial charge in [-0.3, -0.25) is 14.4 Å². The minimum atomic E-state index is -1.86. The van der Waals surface area contributed by atoms with Gasteiger partial charge in [-0.15, -0.1) is 12.4 Å². The van der Waals surface area contributed by atoms with Crippen LogP contribution in [0.3, 0.4) is 0 Å². The van der Waals surface area contributed by atoms with Gasteiger partial charge >= 0.3 is 18.0 Å². The number of fused-ring (bicyclic) bond motifs is 6. The summed E-state index contributed by atoms with van der Waals surface area (Å²) in [5.74, 6) is -1.13. The van der Waals surface area contributed by atoms with E-state index in [-0.39, 0.29) is 61.4 Å². The van der Waals surface area contributed by atoms with Crippen molar-refractivity contribution < 1.29 is 43.6 Å². The number of carboxylic acids is 1. The van der Waals surface area contributed by atoms with Gasteiger partial charge in [-0.1, -0.05) is 99.1 Å². The van der Waals surface area contributed by atoms with Crippen molar-refractivity contribution in [3.05, 3.63) is 164 Å². The summed E-state index contributed by atoms with van der Waals surface area (Å²) in [6, 6.07) is 32.0. The summed E-state index contributed by atoms with van der Waals surface area (Å²) >= 11 is 0. The Morgan fingerprint density at radius 3 is 2.30 bits per heavy atom. The summed E-state index contributed by atoms with van der Waals surface area (Å²) in [6.45, 7) is 14.4. The van der Waals surface area contributed by atoms with E-state index in [9.17, 15) is 34.2 Å². The Balaban J connectivity index is 0.000000170. The fraction of sp³-hybridized carbons (Fsp3) is 0.415. The molecule has 16 heteroatoms. The van der Waals surface area contributed by atoms with Crippen LogP contribution in [-0.2, 0) is 49.7 Å². The number of aromatic nitrogens is 2. The molecule has 2 bridgehead atoms. The van der Waals surface area contributed by atoms with E-state index in [1.807, 2.05) is 41.3 Å². The lowest BCUT2D eigenvalue weighted by molar-refractivity contribution is -0.172. The second-order valence-corrected chi connectivity index (χ2v) is 23.0. The Bertz CT molecular complexity index is 3590. The van der Waals surface area contributed by atoms with E-state index in [4.69, 9.17) is 19.2 Å². The molecular weight excluding hydrogens is 1050 g/mol. The second kappa shape index (κ2) is 21.5. The molecule has 5 atom stereocenters. The number of rotatable bonds is 9. The van der Waals surface area contributed by atoms with Crippen molar-refractivity contribution in [2.45, 2.75) is 115 Å². The van der Waals surface area contributed by atoms with E-state index < -0.39 is 28.4 Å². The highest BCUT2D eigenvalue weighted by Gasteiger charge is 2.71. The summed E-state index contributed by atoms with van der Waals surface area (Å²) in [5.41, 5.74) is 6.44. The van der Waals surface area contributed by atoms with Crippen LogP contribution in [-0.4, -0.2) is 111 Å². The maximum atomic E-state index is 13.9. The van der Waals surface area contributed by atoms with Crippen LogP contribution in [0.5, 0.6) is 11.5 Å². The van der Waals surface area contributed by atoms with Crippen LogP contribution >= 0.6 is 12.4 Å². The van der Waals surface area contributed by atoms with E-state index in [1.165, 1.54) is 43.5 Å². The normalized spacial score (nSPS) is 24.3. The maximum absolute atomic E-state index is 13.9. The Morgan fingerprint density at radius 2 is 1.58 bits per heavy atom. The molecule has 6 aromatic rings. The number of para-hydroxylation sites is 1. The van der Waals surface area contributed by atoms with Crippen LogP contribution in [0.15, 0.2) is 108 Å². The quantitative estimate of drug-likeness (QED) is 0.103. The monoisotopic (exact) mass is 1120 g/mol. The summed E-state index contributed by atoms with van der Waals surface area (Å²) in [4.78, 5) is 77.5. The molecule has 0 unspecified atom stereocenters. The number of ether oxygens (including phenoxy) is 3. The lowest BCUT2D eigenvalue weighted by atomic mass is 9.42. The van der Waals surface area contributed by atoms with E-state index in [0.29, 0.717) is 83.8 Å². The largest absolute Gasteiger partial charge is 0.496 e. The summed E-state index contributed by atoms with van der Waals surface area (Å²) in [5, 5.41) is 22.9. The number of cyclic esters (lactones) is 1. The number of piperidine rings is 2. The molecule has 7 heterocycles. The van der Waals surface area contributed by atoms with Crippen molar-refractivity contribution in [3.63, 3.8) is 0 Å². The third-order valence-electron chi connectivity index (χ3n) is 19.2. The predicted octanol–water partition coefficient (Wildman–Crippen LogP) is 9.94. The third kappa shape index (κ3) is 8.84. The molecule has 0 radical (unpaired) electrons. The standard InChI is InChI=1S/C33H38N4O6.C32H31NO4.ClH/c1-3-22-23-16-21(43-32(40)36-14-10-20(11-15-36)35-12-6-5-7-13-35)8-9-27(23)34-29-24(22)18-37-28(29)17-26-25(30(37)38)19-42-31(39)33(26,41)4-2;1-20-12-14-22(15-13-20)31-17-16-26(24-9-4-6-10-25(24)31)32(30(35)36)19-33(18-28(31)32)29(34)21(2)23-8-5-7-11-27(23)37-3;/h8-9,16-17,20,41H,3-7,10-15,18-19H2,1-2H3;4-15,26,28H,2,16-19H2,1,3H3,(H,35,36);1H/t33-;26-,28+,31+,32+;/m01./s1. The number of benzene rings is 4. The number of nitrogens with zero attached hydrogens (tertiary/aromatic N) is 5. The number of halogens is 1. The SMILES string of the molecule is C=C(C(=O)N1C[C@H]2[C@]3(c4ccc(C)cc4)CC[C@H](c4ccccc43)[C@@]2(C(=O)O)C1)c1ccccc1OC.CCc1c2c(nc3ccc(OC(=O)N4CCC(N5CCCCC5)CC4)cc13)-c1cc3c(c(=O)n1C2)COC(=O)[C@]3(O)CC.Cl. The third-order valence-corrected chi connectivity index (χ3v) is 19.2. The van der Waals surface area contributed by atoms with Crippen LogP contribution in [0.4, 0.5) is 4.79 Å². The highest BCUT2D eigenvalue weighted by molar-refractivity contribution is 6.19. The molecule has 2 amide bonds. The lowest BCUT2D eigenvalue weighted by Gasteiger charge is -2.59. The molecule has 2 N–H and O–H groups in total. The van der Waals surface area contributed by atoms with Gasteiger partial charge in [0.1, 0.15) is 18.1 Å². The number of amides is 2. The topological polar surface area (TPSA) is 181 Å². The number of likely N-dealkylation sites (tertiary alicyclic amines) is 3. The van der Waals surface area contributed by atoms with Crippen LogP contribution in [0.25, 0.3) is 27.9 Å². The Kier molecular flexibility index (Phi) is 14.8. The van der Waals surface area contributed by atoms with Gasteiger partial charge in [0.05, 0.1) is 41.5 Å². The molecule has 1 saturated carbocycles. The van der Waals surface area contributed by atoms with Crippen LogP contribution < -0.4 is 15.0 Å². The molecule has 8 aliphatic rings. The van der Waals surface area contributed by atoms with Gasteiger partial charge in [-0.2, -0.15) is 0 Å². The highest BCUT2D eigenvalue weighted by Crippen LogP contribution is 2.69. The van der Waals surface area contributed by atoms with Gasteiger partial charge in [0.2, 0.25) is 0 Å².